The van der Waals surface area contributed by atoms with E-state index in [9.17, 15) is 0 Å². The Labute approximate surface area is 141 Å². The molecule has 0 unspecified atom stereocenters. The summed E-state index contributed by atoms with van der Waals surface area (Å²) < 4.78 is 5.94. The monoisotopic (exact) mass is 321 g/mol. The van der Waals surface area contributed by atoms with E-state index in [1.807, 2.05) is 42.5 Å². The predicted molar refractivity (Wildman–Crippen MR) is 96.5 cm³/mol. The average molecular weight is 321 g/mol. The van der Waals surface area contributed by atoms with E-state index in [0.717, 1.165) is 30.2 Å². The number of aromatic nitrogens is 1. The fourth-order valence-electron chi connectivity index (χ4n) is 2.32. The Balaban J connectivity index is 1.71. The molecule has 0 aliphatic carbocycles. The molecule has 0 saturated heterocycles. The van der Waals surface area contributed by atoms with Gasteiger partial charge in [0.2, 0.25) is 0 Å². The molecule has 3 rings (SSSR count). The molecule has 0 radical (unpaired) electrons. The summed E-state index contributed by atoms with van der Waals surface area (Å²) in [6.07, 6.45) is 3.61. The van der Waals surface area contributed by atoms with Crippen LogP contribution in [-0.2, 0) is 12.8 Å². The van der Waals surface area contributed by atoms with Gasteiger partial charge in [-0.2, -0.15) is 0 Å². The molecule has 3 aromatic rings. The molecule has 0 N–H and O–H groups in total. The molecule has 116 valence electrons. The summed E-state index contributed by atoms with van der Waals surface area (Å²) in [4.78, 5) is 5.84. The third-order valence-electron chi connectivity index (χ3n) is 3.47. The van der Waals surface area contributed by atoms with Gasteiger partial charge in [-0.1, -0.05) is 67.2 Å². The van der Waals surface area contributed by atoms with E-state index in [1.54, 1.807) is 11.8 Å². The molecule has 1 heterocycles. The van der Waals surface area contributed by atoms with Gasteiger partial charge in [0.1, 0.15) is 0 Å². The lowest BCUT2D eigenvalue weighted by Gasteiger charge is -1.95. The first-order valence-electron chi connectivity index (χ1n) is 7.76. The first-order chi connectivity index (χ1) is 11.3. The first-order valence-corrected chi connectivity index (χ1v) is 8.64. The smallest absolute Gasteiger partial charge is 0.199 e. The quantitative estimate of drug-likeness (QED) is 0.553. The zero-order valence-corrected chi connectivity index (χ0v) is 13.9. The Morgan fingerprint density at radius 2 is 1.70 bits per heavy atom. The molecule has 0 saturated carbocycles. The Hall–Kier alpha value is -2.26. The van der Waals surface area contributed by atoms with Crippen LogP contribution in [0, 0.1) is 0 Å². The van der Waals surface area contributed by atoms with Crippen LogP contribution in [0.5, 0.6) is 0 Å². The molecule has 0 amide bonds. The molecular weight excluding hydrogens is 302 g/mol. The largest absolute Gasteiger partial charge is 0.441 e. The van der Waals surface area contributed by atoms with Crippen LogP contribution in [0.1, 0.15) is 29.8 Å². The lowest BCUT2D eigenvalue weighted by molar-refractivity contribution is 0.498. The van der Waals surface area contributed by atoms with E-state index in [0.29, 0.717) is 0 Å². The van der Waals surface area contributed by atoms with Crippen LogP contribution >= 0.6 is 11.8 Å². The summed E-state index contributed by atoms with van der Waals surface area (Å²) >= 11 is 1.68. The highest BCUT2D eigenvalue weighted by molar-refractivity contribution is 8.02. The van der Waals surface area contributed by atoms with Crippen LogP contribution < -0.4 is 0 Å². The van der Waals surface area contributed by atoms with Gasteiger partial charge in [-0.05, 0) is 35.6 Å². The van der Waals surface area contributed by atoms with Gasteiger partial charge in [0.25, 0.3) is 0 Å². The number of aryl methyl sites for hydroxylation is 1. The number of oxazole rings is 1. The van der Waals surface area contributed by atoms with Gasteiger partial charge in [0.15, 0.2) is 11.7 Å². The van der Waals surface area contributed by atoms with Crippen molar-refractivity contribution in [2.24, 2.45) is 0 Å². The summed E-state index contributed by atoms with van der Waals surface area (Å²) in [5.74, 6) is 1.64. The van der Waals surface area contributed by atoms with Crippen molar-refractivity contribution in [3.63, 3.8) is 0 Å². The van der Waals surface area contributed by atoms with Crippen molar-refractivity contribution in [1.82, 2.24) is 4.98 Å². The molecule has 0 aliphatic rings. The number of thioether (sulfide) groups is 1. The van der Waals surface area contributed by atoms with Gasteiger partial charge >= 0.3 is 0 Å². The highest BCUT2D eigenvalue weighted by atomic mass is 32.2. The van der Waals surface area contributed by atoms with Crippen LogP contribution in [-0.4, -0.2) is 4.98 Å². The van der Waals surface area contributed by atoms with E-state index in [4.69, 9.17) is 4.42 Å². The summed E-state index contributed by atoms with van der Waals surface area (Å²) in [5, 5.41) is 2.06. The molecular formula is C20H19NOS. The van der Waals surface area contributed by atoms with Gasteiger partial charge in [0, 0.05) is 11.3 Å². The highest BCUT2D eigenvalue weighted by Gasteiger charge is 2.09. The average Bonchev–Trinajstić information content (AvgIpc) is 2.98. The maximum atomic E-state index is 5.94. The predicted octanol–water partition coefficient (Wildman–Crippen LogP) is 5.59. The molecule has 0 atom stereocenters. The molecule has 23 heavy (non-hydrogen) atoms. The Kier molecular flexibility index (Phi) is 5.33. The number of nitrogens with zero attached hydrogens (tertiary/aromatic N) is 1. The maximum Gasteiger partial charge on any atom is 0.199 e. The van der Waals surface area contributed by atoms with E-state index in [2.05, 4.69) is 41.6 Å². The topological polar surface area (TPSA) is 26.0 Å². The van der Waals surface area contributed by atoms with Crippen molar-refractivity contribution in [3.05, 3.63) is 89.0 Å². The molecule has 0 aliphatic heterocycles. The fourth-order valence-corrected chi connectivity index (χ4v) is 2.98. The van der Waals surface area contributed by atoms with E-state index >= 15 is 0 Å². The normalized spacial score (nSPS) is 11.2. The lowest BCUT2D eigenvalue weighted by atomic mass is 10.1. The summed E-state index contributed by atoms with van der Waals surface area (Å²) in [5.41, 5.74) is 2.23. The standard InChI is InChI=1S/C20H19NOS/c1-2-18-19(13-14-23-17-11-7-4-8-12-17)22-20(21-18)15-16-9-5-3-6-10-16/h3-14H,2,15H2,1H3/b14-13+. The third kappa shape index (κ3) is 4.36. The van der Waals surface area contributed by atoms with Crippen LogP contribution in [0.25, 0.3) is 6.08 Å². The van der Waals surface area contributed by atoms with Crippen LogP contribution in [0.15, 0.2) is 75.4 Å². The summed E-state index contributed by atoms with van der Waals surface area (Å²) in [6, 6.07) is 20.6. The first kappa shape index (κ1) is 15.6. The number of hydrogen-bond acceptors (Lipinski definition) is 3. The van der Waals surface area contributed by atoms with Crippen molar-refractivity contribution in [3.8, 4) is 0 Å². The van der Waals surface area contributed by atoms with Gasteiger partial charge in [-0.3, -0.25) is 0 Å². The van der Waals surface area contributed by atoms with E-state index in [1.165, 1.54) is 10.5 Å². The van der Waals surface area contributed by atoms with Gasteiger partial charge < -0.3 is 4.42 Å². The SMILES string of the molecule is CCc1nc(Cc2ccccc2)oc1/C=C/Sc1ccccc1. The van der Waals surface area contributed by atoms with Gasteiger partial charge in [-0.25, -0.2) is 4.98 Å². The van der Waals surface area contributed by atoms with Gasteiger partial charge in [0.05, 0.1) is 5.69 Å². The molecule has 2 aromatic carbocycles. The summed E-state index contributed by atoms with van der Waals surface area (Å²) in [7, 11) is 0. The molecule has 0 bridgehead atoms. The maximum absolute atomic E-state index is 5.94. The van der Waals surface area contributed by atoms with Crippen molar-refractivity contribution in [1.29, 1.82) is 0 Å². The van der Waals surface area contributed by atoms with Crippen molar-refractivity contribution in [2.75, 3.05) is 0 Å². The van der Waals surface area contributed by atoms with Crippen molar-refractivity contribution in [2.45, 2.75) is 24.7 Å². The van der Waals surface area contributed by atoms with E-state index < -0.39 is 0 Å². The molecule has 1 aromatic heterocycles. The van der Waals surface area contributed by atoms with Crippen LogP contribution in [0.2, 0.25) is 0 Å². The second-order valence-corrected chi connectivity index (χ2v) is 6.15. The zero-order valence-electron chi connectivity index (χ0n) is 13.1. The molecule has 0 spiro atoms. The molecule has 0 fully saturated rings. The second-order valence-electron chi connectivity index (χ2n) is 5.17. The minimum Gasteiger partial charge on any atom is -0.441 e. The Bertz CT molecular complexity index is 763. The minimum atomic E-state index is 0.730. The number of benzene rings is 2. The third-order valence-corrected chi connectivity index (χ3v) is 4.29. The molecule has 2 nitrogen and oxygen atoms in total. The Morgan fingerprint density at radius 3 is 2.39 bits per heavy atom. The minimum absolute atomic E-state index is 0.730. The van der Waals surface area contributed by atoms with Crippen LogP contribution in [0.4, 0.5) is 0 Å². The summed E-state index contributed by atoms with van der Waals surface area (Å²) in [6.45, 7) is 2.10. The van der Waals surface area contributed by atoms with Crippen molar-refractivity contribution < 1.29 is 4.42 Å². The van der Waals surface area contributed by atoms with Gasteiger partial charge in [-0.15, -0.1) is 0 Å². The van der Waals surface area contributed by atoms with Crippen LogP contribution in [0.3, 0.4) is 0 Å². The number of rotatable bonds is 6. The Morgan fingerprint density at radius 1 is 1.00 bits per heavy atom. The highest BCUT2D eigenvalue weighted by Crippen LogP contribution is 2.22. The zero-order chi connectivity index (χ0) is 15.9. The van der Waals surface area contributed by atoms with E-state index in [-0.39, 0.29) is 0 Å². The second kappa shape index (κ2) is 7.84. The molecule has 3 heteroatoms. The number of hydrogen-bond donors (Lipinski definition) is 0. The fraction of sp³-hybridized carbons (Fsp3) is 0.150. The lowest BCUT2D eigenvalue weighted by Crippen LogP contribution is -1.88. The van der Waals surface area contributed by atoms with Crippen molar-refractivity contribution >= 4 is 17.8 Å².